The van der Waals surface area contributed by atoms with Crippen LogP contribution in [0.4, 0.5) is 4.79 Å². The van der Waals surface area contributed by atoms with Gasteiger partial charge in [-0.25, -0.2) is 25.6 Å². The van der Waals surface area contributed by atoms with Gasteiger partial charge in [0.15, 0.2) is 0 Å². The molecule has 2 unspecified atom stereocenters. The zero-order chi connectivity index (χ0) is 19.8. The Hall–Kier alpha value is -1.92. The van der Waals surface area contributed by atoms with Crippen LogP contribution in [-0.4, -0.2) is 32.7 Å². The van der Waals surface area contributed by atoms with Crippen LogP contribution in [0.1, 0.15) is 63.6 Å². The van der Waals surface area contributed by atoms with Gasteiger partial charge < -0.3 is 4.74 Å². The molecule has 1 saturated carbocycles. The molecule has 1 aliphatic carbocycles. The first-order valence-electron chi connectivity index (χ1n) is 9.36. The molecule has 3 rings (SSSR count). The number of benzene rings is 1. The maximum absolute atomic E-state index is 12.5. The number of amides is 1. The fourth-order valence-electron chi connectivity index (χ4n) is 3.73. The van der Waals surface area contributed by atoms with Gasteiger partial charge in [0.2, 0.25) is 5.28 Å². The Morgan fingerprint density at radius 1 is 1.26 bits per heavy atom. The van der Waals surface area contributed by atoms with Gasteiger partial charge in [-0.1, -0.05) is 24.5 Å². The van der Waals surface area contributed by atoms with Gasteiger partial charge in [0, 0.05) is 11.3 Å². The van der Waals surface area contributed by atoms with E-state index in [0.717, 1.165) is 47.8 Å². The topological polar surface area (TPSA) is 81.3 Å². The number of nitrogens with two attached hydrogens (primary N) is 1. The van der Waals surface area contributed by atoms with Gasteiger partial charge in [0.25, 0.3) is 0 Å². The third kappa shape index (κ3) is 4.50. The van der Waals surface area contributed by atoms with Gasteiger partial charge in [-0.3, -0.25) is 0 Å². The molecular formula is C20H27ClN4O2. The molecule has 0 spiro atoms. The second-order valence-electron chi connectivity index (χ2n) is 8.24. The minimum atomic E-state index is -0.596. The number of aryl methyl sites for hydroxylation is 1. The molecule has 1 aromatic heterocycles. The van der Waals surface area contributed by atoms with Gasteiger partial charge >= 0.3 is 6.09 Å². The van der Waals surface area contributed by atoms with Crippen molar-refractivity contribution in [2.75, 3.05) is 0 Å². The van der Waals surface area contributed by atoms with Crippen molar-refractivity contribution in [2.45, 2.75) is 70.9 Å². The van der Waals surface area contributed by atoms with Crippen LogP contribution in [0.5, 0.6) is 0 Å². The van der Waals surface area contributed by atoms with Crippen molar-refractivity contribution in [1.29, 1.82) is 0 Å². The number of ether oxygens (including phenoxy) is 1. The number of hydrogen-bond donors (Lipinski definition) is 1. The summed E-state index contributed by atoms with van der Waals surface area (Å²) in [6.07, 6.45) is 3.23. The molecule has 0 aliphatic heterocycles. The first-order valence-corrected chi connectivity index (χ1v) is 9.74. The van der Waals surface area contributed by atoms with Gasteiger partial charge in [-0.2, -0.15) is 0 Å². The molecule has 27 heavy (non-hydrogen) atoms. The van der Waals surface area contributed by atoms with E-state index in [1.165, 1.54) is 5.01 Å². The molecule has 2 N–H and O–H groups in total. The van der Waals surface area contributed by atoms with Crippen LogP contribution in [0.15, 0.2) is 18.2 Å². The molecule has 1 fully saturated rings. The highest BCUT2D eigenvalue weighted by atomic mass is 35.5. The third-order valence-electron chi connectivity index (χ3n) is 4.90. The molecule has 0 radical (unpaired) electrons. The summed E-state index contributed by atoms with van der Waals surface area (Å²) in [6, 6.07) is 5.83. The quantitative estimate of drug-likeness (QED) is 0.347. The predicted octanol–water partition coefficient (Wildman–Crippen LogP) is 4.73. The summed E-state index contributed by atoms with van der Waals surface area (Å²) in [4.78, 5) is 21.4. The van der Waals surface area contributed by atoms with Crippen LogP contribution in [0.2, 0.25) is 5.28 Å². The Labute approximate surface area is 165 Å². The molecule has 1 aromatic carbocycles. The standard InChI is InChI=1S/C20H27ClN4O2/c1-12-9-10-15-14(11-12)17(24-18(21)23-15)13-7-5-6-8-16(13)25(22)19(26)27-20(2,3)4/h9-11,13,16H,5-8,22H2,1-4H3. The van der Waals surface area contributed by atoms with Crippen molar-refractivity contribution in [3.63, 3.8) is 0 Å². The van der Waals surface area contributed by atoms with Gasteiger partial charge in [0.05, 0.1) is 17.3 Å². The lowest BCUT2D eigenvalue weighted by Crippen LogP contribution is -2.51. The Balaban J connectivity index is 2.00. The molecule has 1 aliphatic rings. The molecular weight excluding hydrogens is 364 g/mol. The van der Waals surface area contributed by atoms with Crippen LogP contribution >= 0.6 is 11.6 Å². The zero-order valence-corrected chi connectivity index (χ0v) is 17.1. The van der Waals surface area contributed by atoms with Crippen LogP contribution in [0, 0.1) is 6.92 Å². The van der Waals surface area contributed by atoms with E-state index in [0.29, 0.717) is 0 Å². The van der Waals surface area contributed by atoms with E-state index in [-0.39, 0.29) is 17.2 Å². The maximum atomic E-state index is 12.5. The number of halogens is 1. The number of carbonyl (C=O) groups excluding carboxylic acids is 1. The van der Waals surface area contributed by atoms with E-state index in [4.69, 9.17) is 22.2 Å². The maximum Gasteiger partial charge on any atom is 0.424 e. The summed E-state index contributed by atoms with van der Waals surface area (Å²) in [6.45, 7) is 7.53. The zero-order valence-electron chi connectivity index (χ0n) is 16.3. The summed E-state index contributed by atoms with van der Waals surface area (Å²) in [5.74, 6) is 6.21. The first kappa shape index (κ1) is 19.8. The fourth-order valence-corrected chi connectivity index (χ4v) is 3.91. The molecule has 1 heterocycles. The van der Waals surface area contributed by atoms with E-state index in [9.17, 15) is 4.79 Å². The predicted molar refractivity (Wildman–Crippen MR) is 107 cm³/mol. The second-order valence-corrected chi connectivity index (χ2v) is 8.58. The Kier molecular flexibility index (Phi) is 5.58. The molecule has 6 nitrogen and oxygen atoms in total. The number of fused-ring (bicyclic) bond motifs is 1. The summed E-state index contributed by atoms with van der Waals surface area (Å²) < 4.78 is 5.47. The molecule has 146 valence electrons. The van der Waals surface area contributed by atoms with Crippen molar-refractivity contribution in [1.82, 2.24) is 15.0 Å². The minimum Gasteiger partial charge on any atom is -0.443 e. The van der Waals surface area contributed by atoms with Crippen molar-refractivity contribution in [2.24, 2.45) is 5.84 Å². The highest BCUT2D eigenvalue weighted by Gasteiger charge is 2.36. The third-order valence-corrected chi connectivity index (χ3v) is 5.06. The normalized spacial score (nSPS) is 20.5. The highest BCUT2D eigenvalue weighted by Crippen LogP contribution is 2.38. The lowest BCUT2D eigenvalue weighted by molar-refractivity contribution is 0.00883. The first-order chi connectivity index (χ1) is 12.7. The van der Waals surface area contributed by atoms with E-state index in [2.05, 4.69) is 16.0 Å². The lowest BCUT2D eigenvalue weighted by atomic mass is 9.80. The number of aromatic nitrogens is 2. The van der Waals surface area contributed by atoms with E-state index in [1.54, 1.807) is 0 Å². The molecule has 0 bridgehead atoms. The summed E-state index contributed by atoms with van der Waals surface area (Å²) in [7, 11) is 0. The van der Waals surface area contributed by atoms with Crippen molar-refractivity contribution < 1.29 is 9.53 Å². The summed E-state index contributed by atoms with van der Waals surface area (Å²) in [5.41, 5.74) is 2.19. The van der Waals surface area contributed by atoms with Crippen molar-refractivity contribution in [3.05, 3.63) is 34.7 Å². The lowest BCUT2D eigenvalue weighted by Gasteiger charge is -2.37. The van der Waals surface area contributed by atoms with E-state index >= 15 is 0 Å². The average Bonchev–Trinajstić information content (AvgIpc) is 2.59. The van der Waals surface area contributed by atoms with E-state index < -0.39 is 11.7 Å². The molecule has 0 saturated heterocycles. The summed E-state index contributed by atoms with van der Waals surface area (Å²) in [5, 5.41) is 2.42. The SMILES string of the molecule is Cc1ccc2nc(Cl)nc(C3CCCCC3N(N)C(=O)OC(C)(C)C)c2c1. The Morgan fingerprint density at radius 3 is 2.67 bits per heavy atom. The smallest absolute Gasteiger partial charge is 0.424 e. The minimum absolute atomic E-state index is 0.0129. The largest absolute Gasteiger partial charge is 0.443 e. The van der Waals surface area contributed by atoms with Crippen LogP contribution in [0.3, 0.4) is 0 Å². The second kappa shape index (κ2) is 7.60. The molecule has 7 heteroatoms. The number of hydrogen-bond acceptors (Lipinski definition) is 5. The number of nitrogens with zero attached hydrogens (tertiary/aromatic N) is 3. The average molecular weight is 391 g/mol. The van der Waals surface area contributed by atoms with Gasteiger partial charge in [-0.05, 0) is 64.3 Å². The number of carbonyl (C=O) groups is 1. The van der Waals surface area contributed by atoms with Crippen molar-refractivity contribution in [3.8, 4) is 0 Å². The van der Waals surface area contributed by atoms with Crippen LogP contribution < -0.4 is 5.84 Å². The monoisotopic (exact) mass is 390 g/mol. The Bertz CT molecular complexity index is 850. The molecule has 2 atom stereocenters. The molecule has 1 amide bonds. The molecule has 2 aromatic rings. The number of hydrazine groups is 1. The highest BCUT2D eigenvalue weighted by molar-refractivity contribution is 6.28. The van der Waals surface area contributed by atoms with Crippen LogP contribution in [0.25, 0.3) is 10.9 Å². The van der Waals surface area contributed by atoms with E-state index in [1.807, 2.05) is 39.8 Å². The fraction of sp³-hybridized carbons (Fsp3) is 0.550. The Morgan fingerprint density at radius 2 is 1.96 bits per heavy atom. The van der Waals surface area contributed by atoms with Crippen LogP contribution in [-0.2, 0) is 4.74 Å². The summed E-state index contributed by atoms with van der Waals surface area (Å²) >= 11 is 6.20. The van der Waals surface area contributed by atoms with Gasteiger partial charge in [0.1, 0.15) is 5.60 Å². The van der Waals surface area contributed by atoms with Crippen molar-refractivity contribution >= 4 is 28.6 Å². The van der Waals surface area contributed by atoms with Gasteiger partial charge in [-0.15, -0.1) is 0 Å². The number of rotatable bonds is 2.